The van der Waals surface area contributed by atoms with Crippen molar-refractivity contribution in [2.75, 3.05) is 13.2 Å². The molecule has 2 aromatic carbocycles. The number of hydrogen-bond acceptors (Lipinski definition) is 3. The third-order valence-corrected chi connectivity index (χ3v) is 9.82. The van der Waals surface area contributed by atoms with Crippen molar-refractivity contribution in [3.8, 4) is 0 Å². The van der Waals surface area contributed by atoms with Gasteiger partial charge in [0.15, 0.2) is 8.32 Å². The van der Waals surface area contributed by atoms with Crippen LogP contribution in [0, 0.1) is 0 Å². The molecular weight excluding hydrogens is 420 g/mol. The molecule has 170 valence electrons. The standard InChI is InChI=1S/C18H33O2Si.C6H5O.Fe/c1-18(2,3)21(4,5)20-15-11-7-6-10-14-19-16-17-12-8-9-13-17;7-5-6-3-1-2-4-6;/h8-9,12-13H,6-7,10-11,14-16H2,1-5H3;1-5H;/q-1;-5;. The van der Waals surface area contributed by atoms with Gasteiger partial charge in [-0.1, -0.05) is 33.6 Å². The molecule has 0 aliphatic rings. The average molecular weight is 458 g/mol. The Morgan fingerprint density at radius 3 is 2.00 bits per heavy atom. The Labute approximate surface area is 189 Å². The van der Waals surface area contributed by atoms with E-state index in [1.54, 1.807) is 12.1 Å². The van der Waals surface area contributed by atoms with Gasteiger partial charge in [-0.3, -0.25) is 6.29 Å². The minimum Gasteiger partial charge on any atom is -0.721 e. The summed E-state index contributed by atoms with van der Waals surface area (Å²) in [7, 11) is -1.54. The summed E-state index contributed by atoms with van der Waals surface area (Å²) in [5.74, 6) is 0. The molecule has 29 heavy (non-hydrogen) atoms. The molecule has 2 aromatic rings. The van der Waals surface area contributed by atoms with Crippen LogP contribution in [0.25, 0.3) is 0 Å². The number of carbonyl (C=O) groups is 1. The van der Waals surface area contributed by atoms with Gasteiger partial charge >= 0.3 is 0 Å². The Kier molecular flexibility index (Phi) is 14.4. The van der Waals surface area contributed by atoms with E-state index in [-0.39, 0.29) is 17.1 Å². The summed E-state index contributed by atoms with van der Waals surface area (Å²) >= 11 is 0. The smallest absolute Gasteiger partial charge is 0.191 e. The summed E-state index contributed by atoms with van der Waals surface area (Å²) in [6.45, 7) is 14.1. The number of unbranched alkanes of at least 4 members (excludes halogenated alkanes) is 3. The second kappa shape index (κ2) is 14.9. The van der Waals surface area contributed by atoms with Crippen molar-refractivity contribution in [1.82, 2.24) is 0 Å². The normalized spacial score (nSPS) is 11.3. The number of aldehydes is 1. The first-order valence-corrected chi connectivity index (χ1v) is 13.3. The summed E-state index contributed by atoms with van der Waals surface area (Å²) in [5.41, 5.74) is 2.03. The molecule has 0 fully saturated rings. The van der Waals surface area contributed by atoms with Gasteiger partial charge in [0.1, 0.15) is 0 Å². The predicted octanol–water partition coefficient (Wildman–Crippen LogP) is 6.72. The molecule has 2 rings (SSSR count). The fraction of sp³-hybridized carbons (Fsp3) is 0.542. The number of carbonyl (C=O) groups excluding carboxylic acids is 1. The summed E-state index contributed by atoms with van der Waals surface area (Å²) in [4.78, 5) is 9.87. The monoisotopic (exact) mass is 458 g/mol. The van der Waals surface area contributed by atoms with E-state index in [1.807, 2.05) is 12.1 Å². The number of rotatable bonds is 11. The maximum atomic E-state index is 9.87. The van der Waals surface area contributed by atoms with Crippen molar-refractivity contribution < 1.29 is 31.0 Å². The van der Waals surface area contributed by atoms with Crippen LogP contribution in [0.2, 0.25) is 18.1 Å². The van der Waals surface area contributed by atoms with E-state index in [2.05, 4.69) is 58.1 Å². The Balaban J connectivity index is 0.000000824. The van der Waals surface area contributed by atoms with Crippen LogP contribution in [0.4, 0.5) is 0 Å². The van der Waals surface area contributed by atoms with Gasteiger partial charge < -0.3 is 43.8 Å². The Morgan fingerprint density at radius 2 is 1.52 bits per heavy atom. The zero-order valence-electron chi connectivity index (χ0n) is 18.7. The second-order valence-electron chi connectivity index (χ2n) is 8.70. The summed E-state index contributed by atoms with van der Waals surface area (Å²) in [6, 6.07) is 15.5. The van der Waals surface area contributed by atoms with Gasteiger partial charge in [-0.15, -0.1) is 5.56 Å². The summed E-state index contributed by atoms with van der Waals surface area (Å²) in [5, 5.41) is 0.321. The number of hydrogen-bond donors (Lipinski definition) is 0. The van der Waals surface area contributed by atoms with Crippen molar-refractivity contribution in [3.63, 3.8) is 0 Å². The molecule has 0 unspecified atom stereocenters. The fourth-order valence-electron chi connectivity index (χ4n) is 2.37. The van der Waals surface area contributed by atoms with Crippen molar-refractivity contribution >= 4 is 14.6 Å². The molecule has 0 aliphatic heterocycles. The molecule has 0 spiro atoms. The SMILES string of the molecule is CC(C)(C)[Si](C)(C)OCCCCCCOC[c-]1cccc1.O=C[c-]1[cH-][cH-][cH-][cH-]1.[Fe]. The molecule has 3 nitrogen and oxygen atoms in total. The Hall–Kier alpha value is -0.974. The molecule has 0 aliphatic carbocycles. The van der Waals surface area contributed by atoms with E-state index in [9.17, 15) is 4.79 Å². The zero-order chi connectivity index (χ0) is 20.9. The maximum absolute atomic E-state index is 9.87. The van der Waals surface area contributed by atoms with Gasteiger partial charge in [0.25, 0.3) is 0 Å². The van der Waals surface area contributed by atoms with E-state index in [0.717, 1.165) is 38.1 Å². The molecule has 0 radical (unpaired) electrons. The van der Waals surface area contributed by atoms with E-state index in [0.29, 0.717) is 5.04 Å². The minimum absolute atomic E-state index is 0. The van der Waals surface area contributed by atoms with Gasteiger partial charge in [0.2, 0.25) is 0 Å². The molecule has 5 heteroatoms. The largest absolute Gasteiger partial charge is 0.721 e. The van der Waals surface area contributed by atoms with Crippen molar-refractivity contribution in [1.29, 1.82) is 0 Å². The number of ether oxygens (including phenoxy) is 1. The van der Waals surface area contributed by atoms with Gasteiger partial charge in [-0.2, -0.15) is 12.1 Å². The molecule has 0 amide bonds. The molecule has 0 heterocycles. The zero-order valence-corrected chi connectivity index (χ0v) is 20.8. The van der Waals surface area contributed by atoms with E-state index < -0.39 is 8.32 Å². The van der Waals surface area contributed by atoms with Gasteiger partial charge in [-0.05, 0) is 31.0 Å². The molecular formula is C24H38FeO3Si-6. The van der Waals surface area contributed by atoms with Crippen LogP contribution < -0.4 is 0 Å². The third kappa shape index (κ3) is 12.3. The first kappa shape index (κ1) is 28.0. The summed E-state index contributed by atoms with van der Waals surface area (Å²) < 4.78 is 11.8. The molecule has 0 bridgehead atoms. The first-order chi connectivity index (χ1) is 13.3. The van der Waals surface area contributed by atoms with E-state index in [1.165, 1.54) is 24.8 Å². The summed E-state index contributed by atoms with van der Waals surface area (Å²) in [6.07, 6.45) is 5.65. The van der Waals surface area contributed by atoms with E-state index >= 15 is 0 Å². The third-order valence-electron chi connectivity index (χ3n) is 5.28. The van der Waals surface area contributed by atoms with Crippen LogP contribution in [0.1, 0.15) is 62.4 Å². The molecule has 0 atom stereocenters. The van der Waals surface area contributed by atoms with Crippen molar-refractivity contribution in [2.45, 2.75) is 71.2 Å². The Bertz CT molecular complexity index is 613. The topological polar surface area (TPSA) is 35.5 Å². The fourth-order valence-corrected chi connectivity index (χ4v) is 3.46. The van der Waals surface area contributed by atoms with Crippen LogP contribution in [0.3, 0.4) is 0 Å². The van der Waals surface area contributed by atoms with Gasteiger partial charge in [-0.25, -0.2) is 12.1 Å². The Morgan fingerprint density at radius 1 is 0.966 bits per heavy atom. The van der Waals surface area contributed by atoms with Crippen molar-refractivity contribution in [2.24, 2.45) is 0 Å². The minimum atomic E-state index is -1.54. The first-order valence-electron chi connectivity index (χ1n) is 10.4. The van der Waals surface area contributed by atoms with Crippen LogP contribution in [0.15, 0.2) is 48.5 Å². The second-order valence-corrected chi connectivity index (χ2v) is 13.5. The quantitative estimate of drug-likeness (QED) is 0.162. The molecule has 0 N–H and O–H groups in total. The van der Waals surface area contributed by atoms with Gasteiger partial charge in [0, 0.05) is 36.9 Å². The van der Waals surface area contributed by atoms with E-state index in [4.69, 9.17) is 9.16 Å². The molecule has 0 aromatic heterocycles. The van der Waals surface area contributed by atoms with Crippen LogP contribution in [-0.2, 0) is 32.8 Å². The molecule has 0 saturated carbocycles. The predicted molar refractivity (Wildman–Crippen MR) is 121 cm³/mol. The average Bonchev–Trinajstić information content (AvgIpc) is 3.33. The van der Waals surface area contributed by atoms with Crippen LogP contribution in [-0.4, -0.2) is 27.8 Å². The maximum Gasteiger partial charge on any atom is 0.191 e. The van der Waals surface area contributed by atoms with Crippen molar-refractivity contribution in [3.05, 3.63) is 59.7 Å². The molecule has 0 saturated heterocycles. The van der Waals surface area contributed by atoms with Crippen LogP contribution >= 0.6 is 0 Å². The van der Waals surface area contributed by atoms with Crippen LogP contribution in [0.5, 0.6) is 0 Å². The van der Waals surface area contributed by atoms with Gasteiger partial charge in [0.05, 0.1) is 0 Å².